The van der Waals surface area contributed by atoms with Crippen molar-refractivity contribution in [1.29, 1.82) is 0 Å². The van der Waals surface area contributed by atoms with E-state index < -0.39 is 11.9 Å². The summed E-state index contributed by atoms with van der Waals surface area (Å²) in [6.07, 6.45) is 1.64. The molecule has 1 unspecified atom stereocenters. The van der Waals surface area contributed by atoms with E-state index in [4.69, 9.17) is 18.9 Å². The van der Waals surface area contributed by atoms with E-state index in [1.54, 1.807) is 19.1 Å². The molecule has 0 bridgehead atoms. The molecule has 1 heterocycles. The third kappa shape index (κ3) is 7.41. The largest absolute Gasteiger partial charge is 0.497 e. The first-order valence-electron chi connectivity index (χ1n) is 15.2. The molecule has 1 N–H and O–H groups in total. The molecule has 44 heavy (non-hydrogen) atoms. The molecule has 0 aliphatic carbocycles. The molecule has 1 aliphatic rings. The van der Waals surface area contributed by atoms with Crippen LogP contribution in [-0.4, -0.2) is 49.7 Å². The molecule has 1 atom stereocenters. The molecule has 1 amide bonds. The highest BCUT2D eigenvalue weighted by molar-refractivity contribution is 5.67. The Morgan fingerprint density at radius 3 is 1.80 bits per heavy atom. The number of likely N-dealkylation sites (tertiary alicyclic amines) is 1. The van der Waals surface area contributed by atoms with Crippen LogP contribution < -0.4 is 9.47 Å². The molecule has 0 saturated carbocycles. The van der Waals surface area contributed by atoms with E-state index >= 15 is 0 Å². The van der Waals surface area contributed by atoms with E-state index in [-0.39, 0.29) is 12.7 Å². The summed E-state index contributed by atoms with van der Waals surface area (Å²) in [6.45, 7) is 1.55. The lowest BCUT2D eigenvalue weighted by Crippen LogP contribution is -2.39. The molecule has 4 aromatic rings. The topological polar surface area (TPSA) is 77.5 Å². The van der Waals surface area contributed by atoms with Gasteiger partial charge >= 0.3 is 6.09 Å². The first-order valence-corrected chi connectivity index (χ1v) is 15.2. The number of amides is 1. The smallest absolute Gasteiger partial charge is 0.410 e. The van der Waals surface area contributed by atoms with Gasteiger partial charge in [-0.05, 0) is 78.1 Å². The number of hydrogen-bond acceptors (Lipinski definition) is 6. The highest BCUT2D eigenvalue weighted by Gasteiger charge is 2.40. The van der Waals surface area contributed by atoms with Crippen LogP contribution in [0.2, 0.25) is 0 Å². The average Bonchev–Trinajstić information content (AvgIpc) is 3.10. The molecule has 0 radical (unpaired) electrons. The lowest BCUT2D eigenvalue weighted by Gasteiger charge is -2.38. The molecular weight excluding hydrogens is 554 g/mol. The van der Waals surface area contributed by atoms with Crippen molar-refractivity contribution in [3.8, 4) is 11.5 Å². The molecule has 1 aliphatic heterocycles. The summed E-state index contributed by atoms with van der Waals surface area (Å²) in [5.41, 5.74) is 2.54. The van der Waals surface area contributed by atoms with E-state index in [1.807, 2.05) is 109 Å². The van der Waals surface area contributed by atoms with Gasteiger partial charge in [0, 0.05) is 13.1 Å². The summed E-state index contributed by atoms with van der Waals surface area (Å²) >= 11 is 0. The monoisotopic (exact) mass is 595 g/mol. The van der Waals surface area contributed by atoms with Crippen molar-refractivity contribution in [3.05, 3.63) is 131 Å². The molecule has 7 heteroatoms. The zero-order chi connectivity index (χ0) is 30.8. The number of hydrogen-bond donors (Lipinski definition) is 1. The standard InChI is InChI=1S/C37H41NO6/c1-41-33-18-14-31(15-19-33)37(30-11-7-4-8-12-30,32-16-20-34(42-2)21-17-32)44-35(39)22-13-28-23-25-38(26-24-28)36(40)43-27-29-9-5-3-6-10-29/h3-12,14-21,28,35,39H,13,22-27H2,1-2H3. The minimum Gasteiger partial charge on any atom is -0.497 e. The zero-order valence-corrected chi connectivity index (χ0v) is 25.4. The predicted molar refractivity (Wildman–Crippen MR) is 170 cm³/mol. The summed E-state index contributed by atoms with van der Waals surface area (Å²) in [4.78, 5) is 14.4. The highest BCUT2D eigenvalue weighted by atomic mass is 16.6. The van der Waals surface area contributed by atoms with Crippen molar-refractivity contribution < 1.29 is 28.8 Å². The summed E-state index contributed by atoms with van der Waals surface area (Å²) < 4.78 is 23.1. The fourth-order valence-corrected chi connectivity index (χ4v) is 5.88. The van der Waals surface area contributed by atoms with Gasteiger partial charge in [0.25, 0.3) is 0 Å². The molecule has 4 aromatic carbocycles. The molecule has 5 rings (SSSR count). The van der Waals surface area contributed by atoms with Gasteiger partial charge in [0.1, 0.15) is 23.7 Å². The van der Waals surface area contributed by atoms with Crippen LogP contribution >= 0.6 is 0 Å². The maximum absolute atomic E-state index is 12.6. The Kier molecular flexibility index (Phi) is 10.5. The Morgan fingerprint density at radius 1 is 0.773 bits per heavy atom. The van der Waals surface area contributed by atoms with Gasteiger partial charge in [-0.3, -0.25) is 0 Å². The van der Waals surface area contributed by atoms with Crippen LogP contribution in [0, 0.1) is 5.92 Å². The van der Waals surface area contributed by atoms with Crippen LogP contribution in [0.5, 0.6) is 11.5 Å². The van der Waals surface area contributed by atoms with Gasteiger partial charge in [0.05, 0.1) is 14.2 Å². The van der Waals surface area contributed by atoms with Crippen molar-refractivity contribution in [2.75, 3.05) is 27.3 Å². The third-order valence-electron chi connectivity index (χ3n) is 8.39. The molecule has 0 spiro atoms. The van der Waals surface area contributed by atoms with Crippen molar-refractivity contribution >= 4 is 6.09 Å². The van der Waals surface area contributed by atoms with Crippen molar-refractivity contribution in [2.24, 2.45) is 5.92 Å². The summed E-state index contributed by atoms with van der Waals surface area (Å²) in [5, 5.41) is 11.5. The molecule has 1 fully saturated rings. The van der Waals surface area contributed by atoms with Gasteiger partial charge in [-0.15, -0.1) is 0 Å². The zero-order valence-electron chi connectivity index (χ0n) is 25.4. The second-order valence-electron chi connectivity index (χ2n) is 11.1. The summed E-state index contributed by atoms with van der Waals surface area (Å²) in [7, 11) is 3.28. The maximum Gasteiger partial charge on any atom is 0.410 e. The predicted octanol–water partition coefficient (Wildman–Crippen LogP) is 7.16. The molecule has 7 nitrogen and oxygen atoms in total. The van der Waals surface area contributed by atoms with E-state index in [1.165, 1.54) is 0 Å². The van der Waals surface area contributed by atoms with Gasteiger partial charge < -0.3 is 29.0 Å². The number of rotatable bonds is 12. The summed E-state index contributed by atoms with van der Waals surface area (Å²) in [6, 6.07) is 35.2. The first kappa shape index (κ1) is 31.1. The van der Waals surface area contributed by atoms with Crippen LogP contribution in [0.3, 0.4) is 0 Å². The second kappa shape index (κ2) is 14.9. The van der Waals surface area contributed by atoms with E-state index in [0.29, 0.717) is 25.4 Å². The Hall–Kier alpha value is -4.33. The quantitative estimate of drug-likeness (QED) is 0.138. The minimum absolute atomic E-state index is 0.273. The normalized spacial score (nSPS) is 14.6. The number of carbonyl (C=O) groups is 1. The van der Waals surface area contributed by atoms with Crippen molar-refractivity contribution in [3.63, 3.8) is 0 Å². The highest BCUT2D eigenvalue weighted by Crippen LogP contribution is 2.43. The van der Waals surface area contributed by atoms with E-state index in [2.05, 4.69) is 0 Å². The number of methoxy groups -OCH3 is 2. The van der Waals surface area contributed by atoms with E-state index in [0.717, 1.165) is 53.0 Å². The number of nitrogens with zero attached hydrogens (tertiary/aromatic N) is 1. The van der Waals surface area contributed by atoms with Crippen LogP contribution in [0.1, 0.15) is 47.9 Å². The van der Waals surface area contributed by atoms with Gasteiger partial charge in [0.2, 0.25) is 0 Å². The number of carbonyl (C=O) groups excluding carboxylic acids is 1. The van der Waals surface area contributed by atoms with Crippen LogP contribution in [0.15, 0.2) is 109 Å². The second-order valence-corrected chi connectivity index (χ2v) is 11.1. The third-order valence-corrected chi connectivity index (χ3v) is 8.39. The molecule has 230 valence electrons. The number of piperidine rings is 1. The fraction of sp³-hybridized carbons (Fsp3) is 0.324. The number of ether oxygens (including phenoxy) is 4. The lowest BCUT2D eigenvalue weighted by atomic mass is 9.80. The maximum atomic E-state index is 12.6. The van der Waals surface area contributed by atoms with E-state index in [9.17, 15) is 9.90 Å². The van der Waals surface area contributed by atoms with Crippen molar-refractivity contribution in [1.82, 2.24) is 4.90 Å². The number of aliphatic hydroxyl groups is 1. The summed E-state index contributed by atoms with van der Waals surface area (Å²) in [5.74, 6) is 1.85. The molecule has 1 saturated heterocycles. The Labute approximate surface area is 260 Å². The van der Waals surface area contributed by atoms with Gasteiger partial charge in [0.15, 0.2) is 6.29 Å². The Bertz CT molecular complexity index is 1390. The van der Waals surface area contributed by atoms with Crippen molar-refractivity contribution in [2.45, 2.75) is 44.2 Å². The fourth-order valence-electron chi connectivity index (χ4n) is 5.88. The first-order chi connectivity index (χ1) is 21.5. The number of aliphatic hydroxyl groups excluding tert-OH is 1. The Balaban J connectivity index is 1.28. The number of benzene rings is 4. The Morgan fingerprint density at radius 2 is 1.27 bits per heavy atom. The van der Waals surface area contributed by atoms with Crippen LogP contribution in [0.4, 0.5) is 4.79 Å². The SMILES string of the molecule is COc1ccc(C(OC(O)CCC2CCN(C(=O)OCc3ccccc3)CC2)(c2ccccc2)c2ccc(OC)cc2)cc1. The lowest BCUT2D eigenvalue weighted by molar-refractivity contribution is -0.164. The van der Waals surface area contributed by atoms with Crippen LogP contribution in [-0.2, 0) is 21.7 Å². The van der Waals surface area contributed by atoms with Gasteiger partial charge in [-0.25, -0.2) is 4.79 Å². The molecule has 0 aromatic heterocycles. The average molecular weight is 596 g/mol. The molecular formula is C37H41NO6. The minimum atomic E-state index is -1.08. The van der Waals surface area contributed by atoms with Gasteiger partial charge in [-0.2, -0.15) is 0 Å². The van der Waals surface area contributed by atoms with Crippen LogP contribution in [0.25, 0.3) is 0 Å². The van der Waals surface area contributed by atoms with Gasteiger partial charge in [-0.1, -0.05) is 84.9 Å².